The SMILES string of the molecule is O=C(O)c1ccc(-c2cnn(C(C[C@@H]3C[C@H]3C(=O)N3CCCCC3)c3ccc(-c4cc(Cl)ccc4-[n+]4cnn[nH]4)cn3)c2)cc1. The fourth-order valence-corrected chi connectivity index (χ4v) is 6.45. The normalized spacial score (nSPS) is 18.5. The summed E-state index contributed by atoms with van der Waals surface area (Å²) in [6.07, 6.45) is 12.1. The summed E-state index contributed by atoms with van der Waals surface area (Å²) in [4.78, 5) is 31.6. The van der Waals surface area contributed by atoms with Crippen LogP contribution in [0.2, 0.25) is 5.02 Å². The fourth-order valence-electron chi connectivity index (χ4n) is 6.28. The Bertz CT molecular complexity index is 1820. The molecule has 1 aliphatic carbocycles. The average molecular weight is 624 g/mol. The van der Waals surface area contributed by atoms with Crippen molar-refractivity contribution < 1.29 is 19.4 Å². The van der Waals surface area contributed by atoms with Gasteiger partial charge in [-0.2, -0.15) is 5.10 Å². The van der Waals surface area contributed by atoms with E-state index in [0.29, 0.717) is 5.02 Å². The minimum Gasteiger partial charge on any atom is -0.478 e. The van der Waals surface area contributed by atoms with Crippen molar-refractivity contribution in [1.82, 2.24) is 35.2 Å². The van der Waals surface area contributed by atoms with Gasteiger partial charge in [0.1, 0.15) is 10.8 Å². The van der Waals surface area contributed by atoms with E-state index in [1.165, 1.54) is 6.42 Å². The number of hydrogen-bond donors (Lipinski definition) is 2. The highest BCUT2D eigenvalue weighted by atomic mass is 35.5. The van der Waals surface area contributed by atoms with Crippen molar-refractivity contribution >= 4 is 23.5 Å². The lowest BCUT2D eigenvalue weighted by Crippen LogP contribution is -2.37. The lowest BCUT2D eigenvalue weighted by atomic mass is 10.0. The quantitative estimate of drug-likeness (QED) is 0.221. The minimum absolute atomic E-state index is 0.0394. The van der Waals surface area contributed by atoms with Crippen LogP contribution in [0.3, 0.4) is 0 Å². The number of aromatic nitrogens is 7. The van der Waals surface area contributed by atoms with Crippen molar-refractivity contribution in [3.8, 4) is 27.9 Å². The first kappa shape index (κ1) is 28.8. The predicted octanol–water partition coefficient (Wildman–Crippen LogP) is 4.99. The number of nitrogens with zero attached hydrogens (tertiary/aromatic N) is 7. The number of carboxylic acid groups (broad SMARTS) is 1. The first-order valence-electron chi connectivity index (χ1n) is 15.2. The van der Waals surface area contributed by atoms with Crippen LogP contribution in [0.15, 0.2) is 79.5 Å². The van der Waals surface area contributed by atoms with Gasteiger partial charge in [0.15, 0.2) is 5.21 Å². The molecule has 1 saturated heterocycles. The van der Waals surface area contributed by atoms with Gasteiger partial charge >= 0.3 is 5.97 Å². The molecular formula is C33H32ClN8O3+. The van der Waals surface area contributed by atoms with Gasteiger partial charge in [-0.1, -0.05) is 35.0 Å². The largest absolute Gasteiger partial charge is 0.478 e. The van der Waals surface area contributed by atoms with Gasteiger partial charge in [0.05, 0.1) is 23.5 Å². The van der Waals surface area contributed by atoms with Crippen molar-refractivity contribution in [3.63, 3.8) is 0 Å². The number of carboxylic acids is 1. The topological polar surface area (TPSA) is 134 Å². The first-order valence-corrected chi connectivity index (χ1v) is 15.5. The van der Waals surface area contributed by atoms with Crippen molar-refractivity contribution in [3.05, 3.63) is 95.8 Å². The molecule has 0 spiro atoms. The van der Waals surface area contributed by atoms with Crippen molar-refractivity contribution in [2.75, 3.05) is 13.1 Å². The molecule has 4 heterocycles. The molecule has 2 fully saturated rings. The van der Waals surface area contributed by atoms with Crippen LogP contribution < -0.4 is 4.68 Å². The third-order valence-corrected chi connectivity index (χ3v) is 9.09. The van der Waals surface area contributed by atoms with E-state index in [1.54, 1.807) is 41.5 Å². The second-order valence-corrected chi connectivity index (χ2v) is 12.2. The molecule has 3 atom stereocenters. The lowest BCUT2D eigenvalue weighted by Gasteiger charge is -2.27. The zero-order valence-corrected chi connectivity index (χ0v) is 25.2. The number of pyridine rings is 1. The highest BCUT2D eigenvalue weighted by Crippen LogP contribution is 2.47. The maximum atomic E-state index is 13.3. The van der Waals surface area contributed by atoms with Gasteiger partial charge in [-0.15, -0.1) is 4.68 Å². The van der Waals surface area contributed by atoms with Crippen molar-refractivity contribution in [1.29, 1.82) is 0 Å². The van der Waals surface area contributed by atoms with E-state index in [4.69, 9.17) is 21.7 Å². The second kappa shape index (κ2) is 12.2. The number of hydrogen-bond acceptors (Lipinski definition) is 6. The summed E-state index contributed by atoms with van der Waals surface area (Å²) in [6.45, 7) is 1.71. The van der Waals surface area contributed by atoms with Crippen LogP contribution in [0.5, 0.6) is 0 Å². The summed E-state index contributed by atoms with van der Waals surface area (Å²) in [5.41, 5.74) is 5.40. The maximum absolute atomic E-state index is 13.3. The predicted molar refractivity (Wildman–Crippen MR) is 166 cm³/mol. The molecule has 7 rings (SSSR count). The summed E-state index contributed by atoms with van der Waals surface area (Å²) in [7, 11) is 0. The molecule has 2 aliphatic rings. The van der Waals surface area contributed by atoms with Gasteiger partial charge in [-0.3, -0.25) is 14.5 Å². The summed E-state index contributed by atoms with van der Waals surface area (Å²) < 4.78 is 3.63. The molecular weight excluding hydrogens is 592 g/mol. The van der Waals surface area contributed by atoms with Gasteiger partial charge in [0.25, 0.3) is 6.33 Å². The van der Waals surface area contributed by atoms with Crippen LogP contribution in [0, 0.1) is 11.8 Å². The molecule has 2 aromatic carbocycles. The van der Waals surface area contributed by atoms with Gasteiger partial charge in [0.2, 0.25) is 5.91 Å². The monoisotopic (exact) mass is 623 g/mol. The van der Waals surface area contributed by atoms with Gasteiger partial charge in [-0.25, -0.2) is 4.79 Å². The number of benzene rings is 2. The molecule has 228 valence electrons. The molecule has 0 radical (unpaired) electrons. The van der Waals surface area contributed by atoms with Crippen LogP contribution in [0.25, 0.3) is 27.9 Å². The Morgan fingerprint density at radius 2 is 1.80 bits per heavy atom. The number of nitrogens with one attached hydrogen (secondary N) is 1. The van der Waals surface area contributed by atoms with Crippen LogP contribution in [0.1, 0.15) is 54.2 Å². The molecule has 2 N–H and O–H groups in total. The molecule has 5 aromatic rings. The van der Waals surface area contributed by atoms with Crippen LogP contribution >= 0.6 is 11.6 Å². The zero-order chi connectivity index (χ0) is 30.9. The molecule has 1 amide bonds. The molecule has 11 nitrogen and oxygen atoms in total. The van der Waals surface area contributed by atoms with E-state index >= 15 is 0 Å². The van der Waals surface area contributed by atoms with Crippen LogP contribution in [0.4, 0.5) is 0 Å². The van der Waals surface area contributed by atoms with E-state index in [9.17, 15) is 14.7 Å². The summed E-state index contributed by atoms with van der Waals surface area (Å²) in [6, 6.07) is 16.2. The molecule has 1 unspecified atom stereocenters. The molecule has 1 saturated carbocycles. The standard InChI is InChI=1S/C33H31ClN8O3/c34-26-9-11-30(42-20-36-38-39-42)27(16-26)23-8-10-29(35-17-23)31(15-24-14-28(24)32(43)40-12-2-1-3-13-40)41-19-25(18-37-41)21-4-6-22(7-5-21)33(44)45/h4-11,16-20,24,28,31H,1-3,12-15H2,(H,44,45)/p+1/t24-,28+,31?/m0/s1. The number of carbonyl (C=O) groups excluding carboxylic acids is 1. The van der Waals surface area contributed by atoms with Gasteiger partial charge in [-0.05, 0) is 80.0 Å². The van der Waals surface area contributed by atoms with Crippen LogP contribution in [-0.2, 0) is 4.79 Å². The number of piperidine rings is 1. The van der Waals surface area contributed by atoms with Crippen LogP contribution in [-0.4, -0.2) is 65.3 Å². The van der Waals surface area contributed by atoms with Crippen molar-refractivity contribution in [2.45, 2.75) is 38.1 Å². The van der Waals surface area contributed by atoms with Crippen molar-refractivity contribution in [2.24, 2.45) is 11.8 Å². The Kier molecular flexibility index (Phi) is 7.85. The highest BCUT2D eigenvalue weighted by Gasteiger charge is 2.46. The molecule has 0 bridgehead atoms. The van der Waals surface area contributed by atoms with E-state index in [2.05, 4.69) is 15.5 Å². The Hall–Kier alpha value is -4.90. The Balaban J connectivity index is 1.18. The third kappa shape index (κ3) is 6.08. The number of H-pyrrole nitrogens is 1. The van der Waals surface area contributed by atoms with E-state index < -0.39 is 5.97 Å². The highest BCUT2D eigenvalue weighted by molar-refractivity contribution is 6.31. The first-order chi connectivity index (χ1) is 21.9. The molecule has 1 aliphatic heterocycles. The number of aromatic amines is 1. The van der Waals surface area contributed by atoms with E-state index in [-0.39, 0.29) is 29.3 Å². The number of rotatable bonds is 9. The summed E-state index contributed by atoms with van der Waals surface area (Å²) >= 11 is 6.38. The number of tetrazole rings is 1. The smallest absolute Gasteiger partial charge is 0.335 e. The number of amides is 1. The number of halogens is 1. The zero-order valence-electron chi connectivity index (χ0n) is 24.5. The summed E-state index contributed by atoms with van der Waals surface area (Å²) in [5.74, 6) is -0.398. The Morgan fingerprint density at radius 1 is 1.00 bits per heavy atom. The Morgan fingerprint density at radius 3 is 2.51 bits per heavy atom. The second-order valence-electron chi connectivity index (χ2n) is 11.8. The number of carbonyl (C=O) groups is 2. The lowest BCUT2D eigenvalue weighted by molar-refractivity contribution is -0.659. The summed E-state index contributed by atoms with van der Waals surface area (Å²) in [5, 5.41) is 25.2. The van der Waals surface area contributed by atoms with Gasteiger partial charge in [0, 0.05) is 53.1 Å². The Labute approximate surface area is 264 Å². The molecule has 3 aromatic heterocycles. The number of likely N-dealkylation sites (tertiary alicyclic amines) is 1. The molecule has 12 heteroatoms. The minimum atomic E-state index is -0.963. The molecule has 45 heavy (non-hydrogen) atoms. The average Bonchev–Trinajstić information content (AvgIpc) is 3.40. The van der Waals surface area contributed by atoms with E-state index in [0.717, 1.165) is 72.4 Å². The van der Waals surface area contributed by atoms with E-state index in [1.807, 2.05) is 52.3 Å². The fraction of sp³-hybridized carbons (Fsp3) is 0.303. The maximum Gasteiger partial charge on any atom is 0.335 e. The third-order valence-electron chi connectivity index (χ3n) is 8.85. The van der Waals surface area contributed by atoms with Gasteiger partial charge < -0.3 is 10.0 Å². The number of aromatic carboxylic acids is 1.